The van der Waals surface area contributed by atoms with Crippen molar-refractivity contribution in [3.63, 3.8) is 0 Å². The lowest BCUT2D eigenvalue weighted by Gasteiger charge is -2.08. The summed E-state index contributed by atoms with van der Waals surface area (Å²) in [6.07, 6.45) is 1.23. The van der Waals surface area contributed by atoms with Crippen LogP contribution in [0.25, 0.3) is 0 Å². The molecule has 0 aliphatic carbocycles. The molecule has 0 amide bonds. The van der Waals surface area contributed by atoms with Crippen LogP contribution >= 0.6 is 0 Å². The SMILES string of the molecule is Cc1cc([N+](=O)[O-])cnc1NCc1ccc(C#N)cc1. The Morgan fingerprint density at radius 3 is 2.65 bits per heavy atom. The van der Waals surface area contributed by atoms with Crippen molar-refractivity contribution >= 4 is 11.5 Å². The molecule has 0 saturated heterocycles. The first kappa shape index (κ1) is 13.5. The highest BCUT2D eigenvalue weighted by atomic mass is 16.6. The Labute approximate surface area is 115 Å². The van der Waals surface area contributed by atoms with Crippen LogP contribution in [-0.4, -0.2) is 9.91 Å². The van der Waals surface area contributed by atoms with E-state index in [1.54, 1.807) is 19.1 Å². The van der Waals surface area contributed by atoms with Gasteiger partial charge in [-0.3, -0.25) is 10.1 Å². The number of nitriles is 1. The molecule has 1 N–H and O–H groups in total. The standard InChI is InChI=1S/C14H12N4O2/c1-10-6-13(18(19)20)9-17-14(10)16-8-12-4-2-11(7-15)3-5-12/h2-6,9H,8H2,1H3,(H,16,17). The summed E-state index contributed by atoms with van der Waals surface area (Å²) in [4.78, 5) is 14.2. The van der Waals surface area contributed by atoms with E-state index in [2.05, 4.69) is 16.4 Å². The molecular weight excluding hydrogens is 256 g/mol. The third-order valence-electron chi connectivity index (χ3n) is 2.82. The minimum Gasteiger partial charge on any atom is -0.366 e. The smallest absolute Gasteiger partial charge is 0.287 e. The molecule has 0 aliphatic heterocycles. The van der Waals surface area contributed by atoms with Crippen molar-refractivity contribution in [1.29, 1.82) is 5.26 Å². The van der Waals surface area contributed by atoms with Crippen LogP contribution in [0.4, 0.5) is 11.5 Å². The van der Waals surface area contributed by atoms with E-state index in [1.165, 1.54) is 12.3 Å². The van der Waals surface area contributed by atoms with Gasteiger partial charge in [-0.15, -0.1) is 0 Å². The highest BCUT2D eigenvalue weighted by molar-refractivity contribution is 5.48. The number of hydrogen-bond donors (Lipinski definition) is 1. The third-order valence-corrected chi connectivity index (χ3v) is 2.82. The molecule has 0 saturated carbocycles. The summed E-state index contributed by atoms with van der Waals surface area (Å²) < 4.78 is 0. The number of hydrogen-bond acceptors (Lipinski definition) is 5. The molecule has 100 valence electrons. The average Bonchev–Trinajstić information content (AvgIpc) is 2.46. The number of anilines is 1. The van der Waals surface area contributed by atoms with Gasteiger partial charge >= 0.3 is 0 Å². The first-order chi connectivity index (χ1) is 9.60. The molecule has 0 fully saturated rings. The zero-order valence-electron chi connectivity index (χ0n) is 10.8. The summed E-state index contributed by atoms with van der Waals surface area (Å²) in [5.41, 5.74) is 2.31. The van der Waals surface area contributed by atoms with E-state index in [0.29, 0.717) is 23.5 Å². The summed E-state index contributed by atoms with van der Waals surface area (Å²) in [5.74, 6) is 0.611. The zero-order chi connectivity index (χ0) is 14.5. The molecule has 0 spiro atoms. The van der Waals surface area contributed by atoms with E-state index in [4.69, 9.17) is 5.26 Å². The fourth-order valence-corrected chi connectivity index (χ4v) is 1.73. The molecule has 6 nitrogen and oxygen atoms in total. The number of pyridine rings is 1. The molecule has 2 aromatic rings. The van der Waals surface area contributed by atoms with Gasteiger partial charge in [0.2, 0.25) is 0 Å². The van der Waals surface area contributed by atoms with Gasteiger partial charge in [0.1, 0.15) is 12.0 Å². The summed E-state index contributed by atoms with van der Waals surface area (Å²) in [6.45, 7) is 2.30. The number of aromatic nitrogens is 1. The summed E-state index contributed by atoms with van der Waals surface area (Å²) in [5, 5.41) is 22.5. The van der Waals surface area contributed by atoms with E-state index in [0.717, 1.165) is 5.56 Å². The van der Waals surface area contributed by atoms with Gasteiger partial charge in [0.05, 0.1) is 16.6 Å². The maximum atomic E-state index is 10.6. The van der Waals surface area contributed by atoms with Crippen molar-refractivity contribution in [2.24, 2.45) is 0 Å². The lowest BCUT2D eigenvalue weighted by molar-refractivity contribution is -0.385. The first-order valence-corrected chi connectivity index (χ1v) is 5.94. The maximum absolute atomic E-state index is 10.6. The van der Waals surface area contributed by atoms with Crippen LogP contribution < -0.4 is 5.32 Å². The van der Waals surface area contributed by atoms with Crippen LogP contribution in [0.1, 0.15) is 16.7 Å². The fraction of sp³-hybridized carbons (Fsp3) is 0.143. The number of nitro groups is 1. The number of nitrogens with zero attached hydrogens (tertiary/aromatic N) is 3. The number of nitrogens with one attached hydrogen (secondary N) is 1. The molecule has 1 heterocycles. The molecule has 6 heteroatoms. The van der Waals surface area contributed by atoms with Crippen LogP contribution in [0.15, 0.2) is 36.5 Å². The van der Waals surface area contributed by atoms with Crippen molar-refractivity contribution in [2.75, 3.05) is 5.32 Å². The number of aryl methyl sites for hydroxylation is 1. The van der Waals surface area contributed by atoms with Gasteiger partial charge < -0.3 is 5.32 Å². The van der Waals surface area contributed by atoms with Crippen LogP contribution in [0.3, 0.4) is 0 Å². The maximum Gasteiger partial charge on any atom is 0.287 e. The third kappa shape index (κ3) is 3.09. The molecular formula is C14H12N4O2. The van der Waals surface area contributed by atoms with E-state index >= 15 is 0 Å². The largest absolute Gasteiger partial charge is 0.366 e. The molecule has 0 atom stereocenters. The Balaban J connectivity index is 2.07. The molecule has 1 aromatic heterocycles. The minimum absolute atomic E-state index is 0.0218. The van der Waals surface area contributed by atoms with Gasteiger partial charge in [0.15, 0.2) is 0 Å². The first-order valence-electron chi connectivity index (χ1n) is 5.94. The fourth-order valence-electron chi connectivity index (χ4n) is 1.73. The van der Waals surface area contributed by atoms with E-state index in [9.17, 15) is 10.1 Å². The van der Waals surface area contributed by atoms with Gasteiger partial charge in [-0.2, -0.15) is 5.26 Å². The zero-order valence-corrected chi connectivity index (χ0v) is 10.8. The Kier molecular flexibility index (Phi) is 3.91. The van der Waals surface area contributed by atoms with E-state index < -0.39 is 4.92 Å². The second-order valence-electron chi connectivity index (χ2n) is 4.28. The van der Waals surface area contributed by atoms with E-state index in [1.807, 2.05) is 12.1 Å². The highest BCUT2D eigenvalue weighted by Gasteiger charge is 2.09. The molecule has 0 bridgehead atoms. The van der Waals surface area contributed by atoms with Crippen molar-refractivity contribution in [3.05, 3.63) is 63.3 Å². The number of rotatable bonds is 4. The van der Waals surface area contributed by atoms with Gasteiger partial charge in [0.25, 0.3) is 5.69 Å². The monoisotopic (exact) mass is 268 g/mol. The molecule has 20 heavy (non-hydrogen) atoms. The average molecular weight is 268 g/mol. The molecule has 0 unspecified atom stereocenters. The molecule has 0 radical (unpaired) electrons. The summed E-state index contributed by atoms with van der Waals surface area (Å²) in [6, 6.07) is 10.7. The summed E-state index contributed by atoms with van der Waals surface area (Å²) in [7, 11) is 0. The van der Waals surface area contributed by atoms with Crippen molar-refractivity contribution in [3.8, 4) is 6.07 Å². The quantitative estimate of drug-likeness (QED) is 0.680. The predicted molar refractivity (Wildman–Crippen MR) is 74.1 cm³/mol. The van der Waals surface area contributed by atoms with Crippen molar-refractivity contribution in [2.45, 2.75) is 13.5 Å². The van der Waals surface area contributed by atoms with Crippen LogP contribution in [0.2, 0.25) is 0 Å². The normalized spacial score (nSPS) is 9.80. The lowest BCUT2D eigenvalue weighted by Crippen LogP contribution is -2.03. The van der Waals surface area contributed by atoms with Gasteiger partial charge in [-0.1, -0.05) is 12.1 Å². The van der Waals surface area contributed by atoms with Crippen LogP contribution in [0.5, 0.6) is 0 Å². The Bertz CT molecular complexity index is 675. The minimum atomic E-state index is -0.468. The van der Waals surface area contributed by atoms with E-state index in [-0.39, 0.29) is 5.69 Å². The van der Waals surface area contributed by atoms with Crippen molar-refractivity contribution in [1.82, 2.24) is 4.98 Å². The Morgan fingerprint density at radius 2 is 2.10 bits per heavy atom. The van der Waals surface area contributed by atoms with Gasteiger partial charge in [-0.25, -0.2) is 4.98 Å². The molecule has 0 aliphatic rings. The van der Waals surface area contributed by atoms with Crippen LogP contribution in [-0.2, 0) is 6.54 Å². The lowest BCUT2D eigenvalue weighted by atomic mass is 10.1. The second kappa shape index (κ2) is 5.80. The topological polar surface area (TPSA) is 91.8 Å². The predicted octanol–water partition coefficient (Wildman–Crippen LogP) is 2.78. The number of benzene rings is 1. The second-order valence-corrected chi connectivity index (χ2v) is 4.28. The highest BCUT2D eigenvalue weighted by Crippen LogP contribution is 2.18. The van der Waals surface area contributed by atoms with Gasteiger partial charge in [0, 0.05) is 12.6 Å². The molecule has 2 rings (SSSR count). The Morgan fingerprint density at radius 1 is 1.40 bits per heavy atom. The Hall–Kier alpha value is -2.94. The molecule has 1 aromatic carbocycles. The van der Waals surface area contributed by atoms with Crippen molar-refractivity contribution < 1.29 is 4.92 Å². The summed E-state index contributed by atoms with van der Waals surface area (Å²) >= 11 is 0. The van der Waals surface area contributed by atoms with Crippen LogP contribution in [0, 0.1) is 28.4 Å². The van der Waals surface area contributed by atoms with Gasteiger partial charge in [-0.05, 0) is 30.2 Å².